The molecule has 0 amide bonds. The second-order valence-electron chi connectivity index (χ2n) is 3.94. The highest BCUT2D eigenvalue weighted by Crippen LogP contribution is 2.34. The normalized spacial score (nSPS) is 11.2. The van der Waals surface area contributed by atoms with Crippen LogP contribution in [0.2, 0.25) is 0 Å². The molecule has 0 saturated heterocycles. The van der Waals surface area contributed by atoms with Gasteiger partial charge in [-0.3, -0.25) is 0 Å². The number of rotatable bonds is 5. The van der Waals surface area contributed by atoms with Crippen molar-refractivity contribution in [2.45, 2.75) is 0 Å². The summed E-state index contributed by atoms with van der Waals surface area (Å²) in [6.07, 6.45) is 1.20. The second kappa shape index (κ2) is 6.25. The van der Waals surface area contributed by atoms with Crippen LogP contribution in [0.5, 0.6) is 11.5 Å². The van der Waals surface area contributed by atoms with Gasteiger partial charge in [-0.05, 0) is 29.1 Å². The highest BCUT2D eigenvalue weighted by Gasteiger charge is 2.12. The molecule has 4 nitrogen and oxygen atoms in total. The molecular formula is C15H14O4S. The molecule has 1 N–H and O–H groups in total. The molecule has 0 unspecified atom stereocenters. The largest absolute Gasteiger partial charge is 0.493 e. The standard InChI is InChI=1S/C15H14O4S/c1-18-12-6-5-10(8-13(12)19-2)11(9-15(16)17)14-4-3-7-20-14/h3-9H,1-2H3,(H,16,17)/b11-9+. The monoisotopic (exact) mass is 290 g/mol. The number of aliphatic carboxylic acids is 1. The topological polar surface area (TPSA) is 55.8 Å². The van der Waals surface area contributed by atoms with Gasteiger partial charge in [0.25, 0.3) is 0 Å². The van der Waals surface area contributed by atoms with Crippen LogP contribution >= 0.6 is 11.3 Å². The Balaban J connectivity index is 2.53. The Labute approximate surface area is 120 Å². The molecule has 1 aromatic heterocycles. The molecule has 0 spiro atoms. The van der Waals surface area contributed by atoms with Crippen LogP contribution in [0.4, 0.5) is 0 Å². The van der Waals surface area contributed by atoms with Crippen molar-refractivity contribution in [3.63, 3.8) is 0 Å². The molecular weight excluding hydrogens is 276 g/mol. The lowest BCUT2D eigenvalue weighted by Crippen LogP contribution is -1.95. The van der Waals surface area contributed by atoms with Crippen LogP contribution in [-0.2, 0) is 4.79 Å². The molecule has 0 atom stereocenters. The molecule has 2 rings (SSSR count). The Hall–Kier alpha value is -2.27. The predicted molar refractivity (Wildman–Crippen MR) is 78.6 cm³/mol. The number of benzene rings is 1. The zero-order chi connectivity index (χ0) is 14.5. The minimum absolute atomic E-state index is 0.567. The van der Waals surface area contributed by atoms with Gasteiger partial charge in [-0.2, -0.15) is 0 Å². The summed E-state index contributed by atoms with van der Waals surface area (Å²) in [4.78, 5) is 11.9. The average molecular weight is 290 g/mol. The van der Waals surface area contributed by atoms with E-state index in [1.807, 2.05) is 23.6 Å². The highest BCUT2D eigenvalue weighted by molar-refractivity contribution is 7.11. The smallest absolute Gasteiger partial charge is 0.328 e. The minimum Gasteiger partial charge on any atom is -0.493 e. The molecule has 1 heterocycles. The molecule has 0 bridgehead atoms. The lowest BCUT2D eigenvalue weighted by molar-refractivity contribution is -0.131. The average Bonchev–Trinajstić information content (AvgIpc) is 2.97. The van der Waals surface area contributed by atoms with Crippen molar-refractivity contribution in [2.24, 2.45) is 0 Å². The summed E-state index contributed by atoms with van der Waals surface area (Å²) < 4.78 is 10.4. The lowest BCUT2D eigenvalue weighted by atomic mass is 10.0. The van der Waals surface area contributed by atoms with Crippen LogP contribution in [0.3, 0.4) is 0 Å². The maximum Gasteiger partial charge on any atom is 0.328 e. The SMILES string of the molecule is COc1ccc(/C(=C\C(=O)O)c2cccs2)cc1OC. The molecule has 20 heavy (non-hydrogen) atoms. The van der Waals surface area contributed by atoms with Gasteiger partial charge in [0.15, 0.2) is 11.5 Å². The van der Waals surface area contributed by atoms with Crippen molar-refractivity contribution in [3.8, 4) is 11.5 Å². The fourth-order valence-corrected chi connectivity index (χ4v) is 2.62. The molecule has 0 aliphatic heterocycles. The fraction of sp³-hybridized carbons (Fsp3) is 0.133. The van der Waals surface area contributed by atoms with Crippen LogP contribution in [-0.4, -0.2) is 25.3 Å². The van der Waals surface area contributed by atoms with E-state index in [0.717, 1.165) is 10.4 Å². The molecule has 1 aromatic carbocycles. The number of carboxylic acid groups (broad SMARTS) is 1. The van der Waals surface area contributed by atoms with E-state index >= 15 is 0 Å². The summed E-state index contributed by atoms with van der Waals surface area (Å²) in [5.41, 5.74) is 1.42. The number of ether oxygens (including phenoxy) is 2. The van der Waals surface area contributed by atoms with Crippen LogP contribution < -0.4 is 9.47 Å². The summed E-state index contributed by atoms with van der Waals surface area (Å²) in [5.74, 6) is 0.193. The van der Waals surface area contributed by atoms with Crippen LogP contribution in [0, 0.1) is 0 Å². The molecule has 0 saturated carbocycles. The maximum absolute atomic E-state index is 11.0. The summed E-state index contributed by atoms with van der Waals surface area (Å²) in [5, 5.41) is 11.0. The zero-order valence-electron chi connectivity index (χ0n) is 11.1. The van der Waals surface area contributed by atoms with E-state index in [1.165, 1.54) is 17.4 Å². The third-order valence-corrected chi connectivity index (χ3v) is 3.65. The van der Waals surface area contributed by atoms with Gasteiger partial charge < -0.3 is 14.6 Å². The van der Waals surface area contributed by atoms with E-state index in [2.05, 4.69) is 0 Å². The van der Waals surface area contributed by atoms with Crippen LogP contribution in [0.1, 0.15) is 10.4 Å². The lowest BCUT2D eigenvalue weighted by Gasteiger charge is -2.11. The number of carboxylic acids is 1. The second-order valence-corrected chi connectivity index (χ2v) is 4.89. The molecule has 2 aromatic rings. The Morgan fingerprint density at radius 3 is 2.50 bits per heavy atom. The van der Waals surface area contributed by atoms with Crippen molar-refractivity contribution < 1.29 is 19.4 Å². The summed E-state index contributed by atoms with van der Waals surface area (Å²) >= 11 is 1.49. The third-order valence-electron chi connectivity index (χ3n) is 2.75. The Bertz CT molecular complexity index is 629. The van der Waals surface area contributed by atoms with Gasteiger partial charge in [0.05, 0.1) is 14.2 Å². The van der Waals surface area contributed by atoms with Gasteiger partial charge in [0.2, 0.25) is 0 Å². The van der Waals surface area contributed by atoms with Gasteiger partial charge >= 0.3 is 5.97 Å². The maximum atomic E-state index is 11.0. The first-order valence-corrected chi connectivity index (χ1v) is 6.74. The van der Waals surface area contributed by atoms with Crippen molar-refractivity contribution in [1.29, 1.82) is 0 Å². The van der Waals surface area contributed by atoms with Crippen molar-refractivity contribution in [2.75, 3.05) is 14.2 Å². The first-order chi connectivity index (χ1) is 9.65. The zero-order valence-corrected chi connectivity index (χ0v) is 11.9. The number of hydrogen-bond donors (Lipinski definition) is 1. The molecule has 104 valence electrons. The molecule has 0 aliphatic rings. The number of hydrogen-bond acceptors (Lipinski definition) is 4. The molecule has 0 fully saturated rings. The summed E-state index contributed by atoms with van der Waals surface area (Å²) in [7, 11) is 3.11. The first kappa shape index (κ1) is 14.1. The van der Waals surface area contributed by atoms with Crippen molar-refractivity contribution in [1.82, 2.24) is 0 Å². The quantitative estimate of drug-likeness (QED) is 0.859. The van der Waals surface area contributed by atoms with Gasteiger partial charge in [-0.15, -0.1) is 11.3 Å². The Morgan fingerprint density at radius 2 is 1.95 bits per heavy atom. The third kappa shape index (κ3) is 3.00. The summed E-state index contributed by atoms with van der Waals surface area (Å²) in [6.45, 7) is 0. The Morgan fingerprint density at radius 1 is 1.20 bits per heavy atom. The molecule has 5 heteroatoms. The van der Waals surface area contributed by atoms with Gasteiger partial charge in [0.1, 0.15) is 0 Å². The predicted octanol–water partition coefficient (Wildman–Crippen LogP) is 3.28. The van der Waals surface area contributed by atoms with Crippen LogP contribution in [0.15, 0.2) is 41.8 Å². The number of carbonyl (C=O) groups is 1. The Kier molecular flexibility index (Phi) is 4.42. The minimum atomic E-state index is -0.983. The first-order valence-electron chi connectivity index (χ1n) is 5.86. The van der Waals surface area contributed by atoms with Gasteiger partial charge in [-0.25, -0.2) is 4.79 Å². The van der Waals surface area contributed by atoms with E-state index in [1.54, 1.807) is 26.4 Å². The number of thiophene rings is 1. The van der Waals surface area contributed by atoms with E-state index < -0.39 is 5.97 Å². The molecule has 0 aliphatic carbocycles. The highest BCUT2D eigenvalue weighted by atomic mass is 32.1. The van der Waals surface area contributed by atoms with E-state index in [9.17, 15) is 4.79 Å². The van der Waals surface area contributed by atoms with E-state index in [4.69, 9.17) is 14.6 Å². The summed E-state index contributed by atoms with van der Waals surface area (Å²) in [6, 6.07) is 9.12. The van der Waals surface area contributed by atoms with Crippen molar-refractivity contribution >= 4 is 22.9 Å². The van der Waals surface area contributed by atoms with E-state index in [0.29, 0.717) is 17.1 Å². The molecule has 0 radical (unpaired) electrons. The van der Waals surface area contributed by atoms with Gasteiger partial charge in [-0.1, -0.05) is 12.1 Å². The van der Waals surface area contributed by atoms with Gasteiger partial charge in [0, 0.05) is 16.5 Å². The van der Waals surface area contributed by atoms with Crippen LogP contribution in [0.25, 0.3) is 5.57 Å². The van der Waals surface area contributed by atoms with Crippen molar-refractivity contribution in [3.05, 3.63) is 52.2 Å². The number of methoxy groups -OCH3 is 2. The van der Waals surface area contributed by atoms with E-state index in [-0.39, 0.29) is 0 Å². The fourth-order valence-electron chi connectivity index (χ4n) is 1.86.